The monoisotopic (exact) mass is 458 g/mol. The maximum absolute atomic E-state index is 13.0. The number of aliphatic hydroxyl groups is 1. The molecule has 10 nitrogen and oxygen atoms in total. The molecule has 182 valence electrons. The van der Waals surface area contributed by atoms with Gasteiger partial charge in [-0.15, -0.1) is 0 Å². The van der Waals surface area contributed by atoms with Crippen molar-refractivity contribution in [3.05, 3.63) is 11.6 Å². The van der Waals surface area contributed by atoms with Gasteiger partial charge in [-0.1, -0.05) is 32.6 Å². The van der Waals surface area contributed by atoms with Crippen LogP contribution in [-0.4, -0.2) is 73.7 Å². The fourth-order valence-corrected chi connectivity index (χ4v) is 3.49. The topological polar surface area (TPSA) is 135 Å². The minimum Gasteiger partial charge on any atom is -0.467 e. The van der Waals surface area contributed by atoms with Crippen LogP contribution in [-0.2, 0) is 42.9 Å². The molecular weight excluding hydrogens is 424 g/mol. The first-order valence-electron chi connectivity index (χ1n) is 10.6. The van der Waals surface area contributed by atoms with E-state index in [1.807, 2.05) is 0 Å². The highest BCUT2D eigenvalue weighted by Crippen LogP contribution is 2.39. The van der Waals surface area contributed by atoms with Gasteiger partial charge in [0.15, 0.2) is 11.6 Å². The van der Waals surface area contributed by atoms with Crippen LogP contribution in [0.4, 0.5) is 0 Å². The number of esters is 3. The first-order valence-corrected chi connectivity index (χ1v) is 10.6. The molecule has 0 aromatic rings. The summed E-state index contributed by atoms with van der Waals surface area (Å²) in [6.07, 6.45) is 2.15. The number of ketones is 1. The zero-order chi connectivity index (χ0) is 24.5. The van der Waals surface area contributed by atoms with E-state index in [4.69, 9.17) is 14.2 Å². The summed E-state index contributed by atoms with van der Waals surface area (Å²) in [7, 11) is 3.03. The third-order valence-corrected chi connectivity index (χ3v) is 5.13. The van der Waals surface area contributed by atoms with Crippen molar-refractivity contribution in [2.24, 2.45) is 0 Å². The summed E-state index contributed by atoms with van der Waals surface area (Å²) in [6, 6.07) is 0. The van der Waals surface area contributed by atoms with Crippen molar-refractivity contribution in [3.63, 3.8) is 0 Å². The van der Waals surface area contributed by atoms with E-state index in [1.165, 1.54) is 13.8 Å². The van der Waals surface area contributed by atoms with E-state index in [2.05, 4.69) is 16.4 Å². The van der Waals surface area contributed by atoms with Gasteiger partial charge in [0, 0.05) is 12.5 Å². The standard InChI is InChI=1S/C22H34O10/c1-7-8-9-10-11-12-15(23)17-18(32-21(2,3)31-17)22(27,20(26)30-6)14(19(25)29-5)13-16(24)28-4/h13,17-18,27H,7-12H2,1-6H3/t17-,18+,22-/m0/s1. The van der Waals surface area contributed by atoms with E-state index in [-0.39, 0.29) is 6.42 Å². The number of methoxy groups -OCH3 is 3. The average Bonchev–Trinajstić information content (AvgIpc) is 3.11. The van der Waals surface area contributed by atoms with Crippen LogP contribution in [0, 0.1) is 0 Å². The predicted octanol–water partition coefficient (Wildman–Crippen LogP) is 1.61. The molecular formula is C22H34O10. The van der Waals surface area contributed by atoms with Crippen molar-refractivity contribution >= 4 is 23.7 Å². The zero-order valence-electron chi connectivity index (χ0n) is 19.6. The molecule has 10 heteroatoms. The lowest BCUT2D eigenvalue weighted by molar-refractivity contribution is -0.187. The smallest absolute Gasteiger partial charge is 0.345 e. The van der Waals surface area contributed by atoms with Crippen molar-refractivity contribution < 1.29 is 48.0 Å². The minimum absolute atomic E-state index is 0.121. The van der Waals surface area contributed by atoms with Gasteiger partial charge < -0.3 is 28.8 Å². The van der Waals surface area contributed by atoms with Crippen molar-refractivity contribution in [1.82, 2.24) is 0 Å². The van der Waals surface area contributed by atoms with E-state index in [0.29, 0.717) is 12.5 Å². The van der Waals surface area contributed by atoms with Crippen LogP contribution in [0.25, 0.3) is 0 Å². The Bertz CT molecular complexity index is 726. The van der Waals surface area contributed by atoms with Crippen molar-refractivity contribution in [2.75, 3.05) is 21.3 Å². The number of hydrogen-bond acceptors (Lipinski definition) is 10. The average molecular weight is 459 g/mol. The second-order valence-corrected chi connectivity index (χ2v) is 7.94. The van der Waals surface area contributed by atoms with Crippen molar-refractivity contribution in [3.8, 4) is 0 Å². The SMILES string of the molecule is CCCCCCCC(=O)[C@@H]1OC(C)(C)O[C@H]1[C@](O)(C(=O)OC)C(=CC(=O)OC)C(=O)OC. The number of rotatable bonds is 12. The van der Waals surface area contributed by atoms with Gasteiger partial charge in [-0.2, -0.15) is 0 Å². The summed E-state index contributed by atoms with van der Waals surface area (Å²) in [6.45, 7) is 5.07. The van der Waals surface area contributed by atoms with Crippen LogP contribution >= 0.6 is 0 Å². The number of Topliss-reactive ketones (excluding diaryl/α,β-unsaturated/α-hetero) is 1. The summed E-state index contributed by atoms with van der Waals surface area (Å²) in [5.41, 5.74) is -3.68. The summed E-state index contributed by atoms with van der Waals surface area (Å²) < 4.78 is 25.3. The number of ether oxygens (including phenoxy) is 5. The van der Waals surface area contributed by atoms with E-state index in [1.54, 1.807) is 0 Å². The van der Waals surface area contributed by atoms with E-state index in [9.17, 15) is 24.3 Å². The number of hydrogen-bond donors (Lipinski definition) is 1. The highest BCUT2D eigenvalue weighted by atomic mass is 16.8. The molecule has 0 aliphatic carbocycles. The Morgan fingerprint density at radius 3 is 2.12 bits per heavy atom. The first kappa shape index (κ1) is 27.7. The Kier molecular flexibility index (Phi) is 10.5. The molecule has 0 unspecified atom stereocenters. The van der Waals surface area contributed by atoms with Gasteiger partial charge in [-0.05, 0) is 20.3 Å². The van der Waals surface area contributed by atoms with Gasteiger partial charge >= 0.3 is 17.9 Å². The molecule has 0 radical (unpaired) electrons. The lowest BCUT2D eigenvalue weighted by Gasteiger charge is -2.33. The summed E-state index contributed by atoms with van der Waals surface area (Å²) >= 11 is 0. The molecule has 0 saturated carbocycles. The molecule has 1 N–H and O–H groups in total. The van der Waals surface area contributed by atoms with Gasteiger partial charge in [-0.25, -0.2) is 14.4 Å². The van der Waals surface area contributed by atoms with Crippen LogP contribution in [0.1, 0.15) is 59.3 Å². The fourth-order valence-electron chi connectivity index (χ4n) is 3.49. The Hall–Kier alpha value is -2.30. The lowest BCUT2D eigenvalue weighted by Crippen LogP contribution is -2.59. The highest BCUT2D eigenvalue weighted by molar-refractivity contribution is 6.05. The molecule has 1 saturated heterocycles. The fraction of sp³-hybridized carbons (Fsp3) is 0.727. The summed E-state index contributed by atoms with van der Waals surface area (Å²) in [5.74, 6) is -5.36. The largest absolute Gasteiger partial charge is 0.467 e. The molecule has 0 bridgehead atoms. The summed E-state index contributed by atoms with van der Waals surface area (Å²) in [4.78, 5) is 50.0. The van der Waals surface area contributed by atoms with Crippen LogP contribution in [0.15, 0.2) is 11.6 Å². The Morgan fingerprint density at radius 1 is 0.969 bits per heavy atom. The normalized spacial score (nSPS) is 22.0. The van der Waals surface area contributed by atoms with Crippen molar-refractivity contribution in [1.29, 1.82) is 0 Å². The lowest BCUT2D eigenvalue weighted by atomic mass is 9.82. The Labute approximate surface area is 188 Å². The third kappa shape index (κ3) is 6.60. The molecule has 0 aromatic heterocycles. The predicted molar refractivity (Wildman–Crippen MR) is 111 cm³/mol. The second kappa shape index (κ2) is 12.1. The maximum Gasteiger partial charge on any atom is 0.345 e. The van der Waals surface area contributed by atoms with Gasteiger partial charge in [-0.3, -0.25) is 4.79 Å². The van der Waals surface area contributed by atoms with E-state index >= 15 is 0 Å². The Morgan fingerprint density at radius 2 is 1.59 bits per heavy atom. The van der Waals surface area contributed by atoms with Gasteiger partial charge in [0.2, 0.25) is 5.60 Å². The van der Waals surface area contributed by atoms with E-state index < -0.39 is 52.9 Å². The molecule has 1 aliphatic rings. The van der Waals surface area contributed by atoms with Gasteiger partial charge in [0.05, 0.1) is 26.9 Å². The second-order valence-electron chi connectivity index (χ2n) is 7.94. The zero-order valence-corrected chi connectivity index (χ0v) is 19.6. The van der Waals surface area contributed by atoms with Crippen LogP contribution < -0.4 is 0 Å². The van der Waals surface area contributed by atoms with Crippen molar-refractivity contribution in [2.45, 2.75) is 82.9 Å². The third-order valence-electron chi connectivity index (χ3n) is 5.13. The molecule has 0 aromatic carbocycles. The maximum atomic E-state index is 13.0. The molecule has 1 fully saturated rings. The van der Waals surface area contributed by atoms with Gasteiger partial charge in [0.25, 0.3) is 0 Å². The number of carbonyl (C=O) groups is 4. The molecule has 1 aliphatic heterocycles. The van der Waals surface area contributed by atoms with Gasteiger partial charge in [0.1, 0.15) is 12.2 Å². The highest BCUT2D eigenvalue weighted by Gasteiger charge is 2.62. The quantitative estimate of drug-likeness (QED) is 0.199. The number of unbranched alkanes of at least 4 members (excludes halogenated alkanes) is 4. The molecule has 32 heavy (non-hydrogen) atoms. The first-order chi connectivity index (χ1) is 15.0. The molecule has 3 atom stereocenters. The number of carbonyl (C=O) groups excluding carboxylic acids is 4. The molecule has 1 rings (SSSR count). The van der Waals surface area contributed by atoms with E-state index in [0.717, 1.165) is 47.0 Å². The minimum atomic E-state index is -2.88. The molecule has 0 amide bonds. The molecule has 0 spiro atoms. The van der Waals surface area contributed by atoms with Crippen LogP contribution in [0.2, 0.25) is 0 Å². The van der Waals surface area contributed by atoms with Crippen LogP contribution in [0.3, 0.4) is 0 Å². The molecule has 1 heterocycles. The summed E-state index contributed by atoms with van der Waals surface area (Å²) in [5, 5.41) is 11.5. The van der Waals surface area contributed by atoms with Crippen LogP contribution in [0.5, 0.6) is 0 Å². The Balaban J connectivity index is 3.40.